The first kappa shape index (κ1) is 88.6. The van der Waals surface area contributed by atoms with Gasteiger partial charge >= 0.3 is 0 Å². The van der Waals surface area contributed by atoms with Crippen molar-refractivity contribution in [3.8, 4) is 22.3 Å². The molecule has 8 heterocycles. The fourth-order valence-corrected chi connectivity index (χ4v) is 17.4. The van der Waals surface area contributed by atoms with Gasteiger partial charge < -0.3 is 58.2 Å². The van der Waals surface area contributed by atoms with E-state index < -0.39 is 11.4 Å². The average molecular weight is 1650 g/mol. The molecule has 638 valence electrons. The third-order valence-electron chi connectivity index (χ3n) is 23.8. The molecule has 0 saturated carbocycles. The van der Waals surface area contributed by atoms with Crippen molar-refractivity contribution in [3.63, 3.8) is 0 Å². The highest BCUT2D eigenvalue weighted by molar-refractivity contribution is 6.01. The highest BCUT2D eigenvalue weighted by Crippen LogP contribution is 2.46. The predicted molar refractivity (Wildman–Crippen MR) is 466 cm³/mol. The minimum atomic E-state index is -0.448. The summed E-state index contributed by atoms with van der Waals surface area (Å²) >= 11 is 0. The number of carbonyl (C=O) groups is 7. The topological polar surface area (TPSA) is 339 Å². The lowest BCUT2D eigenvalue weighted by atomic mass is 9.86. The van der Waals surface area contributed by atoms with Crippen LogP contribution in [-0.4, -0.2) is 137 Å². The van der Waals surface area contributed by atoms with Gasteiger partial charge in [-0.1, -0.05) is 74.5 Å². The fourth-order valence-electron chi connectivity index (χ4n) is 17.4. The van der Waals surface area contributed by atoms with E-state index in [9.17, 15) is 38.0 Å². The van der Waals surface area contributed by atoms with E-state index in [4.69, 9.17) is 30.9 Å². The lowest BCUT2D eigenvalue weighted by Crippen LogP contribution is -2.50. The number of nitrogens with zero attached hydrogens (tertiary/aromatic N) is 7. The molecule has 0 bridgehead atoms. The first-order valence-corrected chi connectivity index (χ1v) is 42.0. The van der Waals surface area contributed by atoms with Gasteiger partial charge in [-0.05, 0) is 221 Å². The summed E-state index contributed by atoms with van der Waals surface area (Å²) in [4.78, 5) is 101. The van der Waals surface area contributed by atoms with E-state index in [1.165, 1.54) is 12.1 Å². The van der Waals surface area contributed by atoms with Crippen molar-refractivity contribution in [1.29, 1.82) is 0 Å². The van der Waals surface area contributed by atoms with Crippen LogP contribution in [0.3, 0.4) is 0 Å². The number of halogens is 2. The molecule has 4 aliphatic heterocycles. The van der Waals surface area contributed by atoms with Gasteiger partial charge in [0.15, 0.2) is 11.3 Å². The normalized spacial score (nSPS) is 17.3. The summed E-state index contributed by atoms with van der Waals surface area (Å²) in [7, 11) is 0. The Morgan fingerprint density at radius 3 is 1.32 bits per heavy atom. The zero-order valence-corrected chi connectivity index (χ0v) is 71.4. The van der Waals surface area contributed by atoms with Gasteiger partial charge in [-0.3, -0.25) is 38.5 Å². The second-order valence-corrected chi connectivity index (χ2v) is 34.1. The molecule has 4 aromatic heterocycles. The number of rotatable bonds is 27. The number of carbonyl (C=O) groups excluding carboxylic acids is 7. The molecule has 4 fully saturated rings. The van der Waals surface area contributed by atoms with Crippen LogP contribution < -0.4 is 48.7 Å². The maximum atomic E-state index is 15.4. The Morgan fingerprint density at radius 2 is 0.934 bits per heavy atom. The van der Waals surface area contributed by atoms with Gasteiger partial charge in [0.05, 0.1) is 46.4 Å². The van der Waals surface area contributed by atoms with Crippen molar-refractivity contribution in [2.24, 2.45) is 23.3 Å². The highest BCUT2D eigenvalue weighted by Gasteiger charge is 2.53. The number of nitrogens with two attached hydrogens (primary N) is 2. The number of primary amides is 2. The van der Waals surface area contributed by atoms with Crippen molar-refractivity contribution in [1.82, 2.24) is 61.0 Å². The number of aryl methyl sites for hydroxylation is 4. The van der Waals surface area contributed by atoms with Crippen LogP contribution in [0.1, 0.15) is 213 Å². The standard InChI is InChI=1S/C47H57FN8O4.C38H39FN6O4.C9H18N2O/c1-7-40-36(41(53-34-17-19-60-20-18-34)37-27-52-55(8-2)43(37)54-40)26-51-45(59)33-14-10-13-32(23-33)44(58)50-25-29-15-16-39(48)35(22-29)31-12-9-11-30(21-31)28-56-46(3,4)24-38(42(49)57)47(56,5)6;1-3-34-31(35(43-29-13-15-49-16-14-29)32-22-42-45(4-2)36(32)44-34)21-41-38(48)28-10-6-9-27(19-28)37(47)40-20-24-11-12-33(39)30(18-24)26-8-5-7-25(17-26)23-46;1-8(2)5-6(7(10)12)9(3,4)11-8/h9-16,21-23,27,34,38H,7-8,17-20,24-26,28H2,1-6H3,(H2,49,57)(H,50,58)(H,51,59)(H,53,54);5-12,17-19,22-23,29H,3-4,13-16,20-21H2,1-2H3,(H,40,47)(H,41,48)(H,43,44);6,11H,5H2,1-4H3,(H2,10,12). The van der Waals surface area contributed by atoms with Crippen molar-refractivity contribution in [2.75, 3.05) is 37.1 Å². The molecule has 0 aliphatic carbocycles. The molecule has 10 aromatic rings. The van der Waals surface area contributed by atoms with Crippen LogP contribution in [0.25, 0.3) is 44.3 Å². The highest BCUT2D eigenvalue weighted by atomic mass is 19.1. The Bertz CT molecular complexity index is 5470. The summed E-state index contributed by atoms with van der Waals surface area (Å²) in [6.07, 6.45) is 10.7. The summed E-state index contributed by atoms with van der Waals surface area (Å²) in [6.45, 7) is 30.3. The summed E-state index contributed by atoms with van der Waals surface area (Å²) in [5, 5.41) is 33.8. The van der Waals surface area contributed by atoms with Crippen LogP contribution in [0, 0.1) is 23.5 Å². The first-order chi connectivity index (χ1) is 57.8. The lowest BCUT2D eigenvalue weighted by Gasteiger charge is -2.41. The van der Waals surface area contributed by atoms with E-state index in [-0.39, 0.29) is 108 Å². The molecule has 27 heteroatoms. The van der Waals surface area contributed by atoms with Crippen molar-refractivity contribution in [3.05, 3.63) is 225 Å². The average Bonchev–Trinajstić information content (AvgIpc) is 1.33. The smallest absolute Gasteiger partial charge is 0.251 e. The lowest BCUT2D eigenvalue weighted by molar-refractivity contribution is -0.124. The summed E-state index contributed by atoms with van der Waals surface area (Å²) in [5.41, 5.74) is 23.6. The van der Waals surface area contributed by atoms with Gasteiger partial charge in [0.1, 0.15) is 17.9 Å². The maximum absolute atomic E-state index is 15.4. The molecular formula is C94H114F2N16O9. The monoisotopic (exact) mass is 1650 g/mol. The molecule has 0 spiro atoms. The van der Waals surface area contributed by atoms with Gasteiger partial charge in [0.25, 0.3) is 23.6 Å². The summed E-state index contributed by atoms with van der Waals surface area (Å²) < 4.78 is 45.0. The molecule has 2 atom stereocenters. The molecule has 2 unspecified atom stereocenters. The van der Waals surface area contributed by atoms with E-state index in [0.717, 1.165) is 99.2 Å². The Balaban J connectivity index is 0.000000197. The Labute approximate surface area is 706 Å². The maximum Gasteiger partial charge on any atom is 0.251 e. The van der Waals surface area contributed by atoms with Crippen LogP contribution >= 0.6 is 0 Å². The van der Waals surface area contributed by atoms with Gasteiger partial charge in [0.2, 0.25) is 11.8 Å². The second-order valence-electron chi connectivity index (χ2n) is 34.1. The molecule has 0 radical (unpaired) electrons. The number of hydrogen-bond acceptors (Lipinski definition) is 17. The largest absolute Gasteiger partial charge is 0.381 e. The molecule has 121 heavy (non-hydrogen) atoms. The molecule has 11 N–H and O–H groups in total. The van der Waals surface area contributed by atoms with Crippen LogP contribution in [0.15, 0.2) is 146 Å². The molecule has 25 nitrogen and oxygen atoms in total. The summed E-state index contributed by atoms with van der Waals surface area (Å²) in [5.74, 6) is -3.00. The zero-order chi connectivity index (χ0) is 86.7. The minimum absolute atomic E-state index is 0.0309. The minimum Gasteiger partial charge on any atom is -0.381 e. The van der Waals surface area contributed by atoms with Gasteiger partial charge in [-0.25, -0.2) is 28.1 Å². The Kier molecular flexibility index (Phi) is 28.1. The van der Waals surface area contributed by atoms with Crippen LogP contribution in [0.4, 0.5) is 20.2 Å². The van der Waals surface area contributed by atoms with Crippen LogP contribution in [0.5, 0.6) is 0 Å². The number of amides is 6. The fraction of sp³-hybridized carbons (Fsp3) is 0.415. The van der Waals surface area contributed by atoms with Crippen molar-refractivity contribution in [2.45, 2.75) is 215 Å². The SMILES string of the molecule is CC1(C)CC(C(N)=O)C(C)(C)N1.CCc1nc2c(cnn2CC)c(NC2CCOCC2)c1CNC(=O)c1cccc(C(=O)NCc2ccc(F)c(-c3cccc(C=O)c3)c2)c1.CCc1nc2c(cnn2CC)c(NC2CCOCC2)c1CNC(=O)c1cccc(C(=O)NCc2ccc(F)c(-c3cccc(CN4C(C)(C)CC(C(N)=O)C4(C)C)c3)c2)c1. The van der Waals surface area contributed by atoms with E-state index in [2.05, 4.69) is 101 Å². The number of hydrogen-bond donors (Lipinski definition) is 9. The van der Waals surface area contributed by atoms with Crippen molar-refractivity contribution >= 4 is 75.2 Å². The number of fused-ring (bicyclic) bond motifs is 2. The second kappa shape index (κ2) is 38.4. The molecule has 6 amide bonds. The third kappa shape index (κ3) is 20.9. The molecule has 4 saturated heterocycles. The van der Waals surface area contributed by atoms with Gasteiger partial charge in [-0.2, -0.15) is 10.2 Å². The molecule has 14 rings (SSSR count). The third-order valence-corrected chi connectivity index (χ3v) is 23.8. The number of aromatic nitrogens is 6. The van der Waals surface area contributed by atoms with Crippen molar-refractivity contribution < 1.29 is 51.8 Å². The number of ether oxygens (including phenoxy) is 2. The Morgan fingerprint density at radius 1 is 0.512 bits per heavy atom. The number of likely N-dealkylation sites (tertiary alicyclic amines) is 1. The molecule has 4 aliphatic rings. The Hall–Kier alpha value is -11.7. The number of pyridine rings is 2. The number of nitrogens with one attached hydrogen (secondary N) is 7. The van der Waals surface area contributed by atoms with Crippen LogP contribution in [-0.2, 0) is 77.7 Å². The number of benzene rings is 6. The predicted octanol–water partition coefficient (Wildman–Crippen LogP) is 13.9. The van der Waals surface area contributed by atoms with E-state index in [0.29, 0.717) is 127 Å². The summed E-state index contributed by atoms with van der Waals surface area (Å²) in [6, 6.07) is 37.5. The number of aldehydes is 1. The number of anilines is 2. The van der Waals surface area contributed by atoms with Crippen LogP contribution in [0.2, 0.25) is 0 Å². The van der Waals surface area contributed by atoms with E-state index in [1.807, 2.05) is 80.6 Å². The first-order valence-electron chi connectivity index (χ1n) is 42.0. The van der Waals surface area contributed by atoms with Gasteiger partial charge in [-0.15, -0.1) is 0 Å². The molecule has 6 aromatic carbocycles. The van der Waals surface area contributed by atoms with E-state index >= 15 is 4.39 Å². The quantitative estimate of drug-likeness (QED) is 0.0216. The van der Waals surface area contributed by atoms with Gasteiger partial charge in [0, 0.05) is 168 Å². The van der Waals surface area contributed by atoms with E-state index in [1.54, 1.807) is 97.1 Å². The molecular weight excluding hydrogens is 1540 g/mol. The zero-order valence-electron chi connectivity index (χ0n) is 71.4.